The third-order valence-corrected chi connectivity index (χ3v) is 6.62. The van der Waals surface area contributed by atoms with Crippen LogP contribution >= 0.6 is 0 Å². The van der Waals surface area contributed by atoms with E-state index in [4.69, 9.17) is 9.84 Å². The van der Waals surface area contributed by atoms with Crippen LogP contribution in [0.15, 0.2) is 42.7 Å². The molecule has 5 rings (SSSR count). The Labute approximate surface area is 198 Å². The minimum atomic E-state index is -0.369. The molecule has 1 saturated heterocycles. The molecule has 1 aromatic carbocycles. The summed E-state index contributed by atoms with van der Waals surface area (Å²) in [6, 6.07) is 9.03. The highest BCUT2D eigenvalue weighted by atomic mass is 19.1. The zero-order valence-corrected chi connectivity index (χ0v) is 19.8. The van der Waals surface area contributed by atoms with Crippen molar-refractivity contribution in [1.82, 2.24) is 29.9 Å². The molecule has 4 heterocycles. The molecule has 0 atom stereocenters. The zero-order chi connectivity index (χ0) is 23.7. The van der Waals surface area contributed by atoms with Gasteiger partial charge >= 0.3 is 0 Å². The van der Waals surface area contributed by atoms with Gasteiger partial charge in [-0.05, 0) is 76.5 Å². The number of benzene rings is 1. The highest BCUT2D eigenvalue weighted by Gasteiger charge is 2.27. The van der Waals surface area contributed by atoms with Crippen LogP contribution in [0.2, 0.25) is 0 Å². The lowest BCUT2D eigenvalue weighted by atomic mass is 9.91. The Morgan fingerprint density at radius 2 is 1.82 bits per heavy atom. The fourth-order valence-corrected chi connectivity index (χ4v) is 4.88. The Kier molecular flexibility index (Phi) is 6.24. The van der Waals surface area contributed by atoms with Gasteiger partial charge in [-0.25, -0.2) is 9.07 Å². The largest absolute Gasteiger partial charge is 0.494 e. The van der Waals surface area contributed by atoms with Gasteiger partial charge in [-0.2, -0.15) is 15.3 Å². The maximum absolute atomic E-state index is 15.0. The first-order chi connectivity index (χ1) is 16.5. The van der Waals surface area contributed by atoms with Crippen LogP contribution in [0.25, 0.3) is 16.6 Å². The van der Waals surface area contributed by atoms with Gasteiger partial charge in [0.2, 0.25) is 0 Å². The number of hydrogen-bond donors (Lipinski definition) is 0. The fourth-order valence-electron chi connectivity index (χ4n) is 4.88. The molecule has 0 amide bonds. The lowest BCUT2D eigenvalue weighted by molar-refractivity contribution is 0.203. The molecule has 0 unspecified atom stereocenters. The molecule has 1 aliphatic rings. The van der Waals surface area contributed by atoms with Gasteiger partial charge in [-0.3, -0.25) is 9.88 Å². The van der Waals surface area contributed by atoms with Crippen LogP contribution < -0.4 is 4.74 Å². The second kappa shape index (κ2) is 9.46. The first-order valence-corrected chi connectivity index (χ1v) is 11.8. The number of aryl methyl sites for hydroxylation is 2. The van der Waals surface area contributed by atoms with Gasteiger partial charge in [-0.15, -0.1) is 0 Å². The highest BCUT2D eigenvalue weighted by molar-refractivity contribution is 5.86. The molecule has 1 fully saturated rings. The number of rotatable bonds is 6. The van der Waals surface area contributed by atoms with Crippen LogP contribution in [-0.2, 0) is 6.54 Å². The van der Waals surface area contributed by atoms with Crippen molar-refractivity contribution in [1.29, 1.82) is 0 Å². The Balaban J connectivity index is 1.43. The van der Waals surface area contributed by atoms with Crippen LogP contribution in [0.4, 0.5) is 4.39 Å². The number of hydrogen-bond acceptors (Lipinski definition) is 6. The third kappa shape index (κ3) is 4.25. The standard InChI is InChI=1S/C26H29FN6O/c1-4-34-21-5-6-23(22(27)15-21)33-18(3)24-17(2)29-30-25(26(24)31-33)20-9-13-32(14-10-20)16-19-7-11-28-12-8-19/h5-8,11-12,15,20H,4,9-10,13-14,16H2,1-3H3. The smallest absolute Gasteiger partial charge is 0.152 e. The second-order valence-electron chi connectivity index (χ2n) is 8.84. The number of nitrogens with zero attached hydrogens (tertiary/aromatic N) is 6. The van der Waals surface area contributed by atoms with E-state index in [2.05, 4.69) is 32.2 Å². The third-order valence-electron chi connectivity index (χ3n) is 6.62. The maximum atomic E-state index is 15.0. The predicted octanol–water partition coefficient (Wildman–Crippen LogP) is 4.74. The van der Waals surface area contributed by atoms with E-state index < -0.39 is 0 Å². The number of aromatic nitrogens is 5. The van der Waals surface area contributed by atoms with Gasteiger partial charge < -0.3 is 4.74 Å². The average molecular weight is 461 g/mol. The van der Waals surface area contributed by atoms with Crippen LogP contribution in [0.5, 0.6) is 5.75 Å². The van der Waals surface area contributed by atoms with Gasteiger partial charge in [0.15, 0.2) is 5.82 Å². The molecule has 34 heavy (non-hydrogen) atoms. The summed E-state index contributed by atoms with van der Waals surface area (Å²) in [5.41, 5.74) is 5.08. The molecule has 7 nitrogen and oxygen atoms in total. The van der Waals surface area contributed by atoms with Crippen LogP contribution in [0.3, 0.4) is 0 Å². The number of ether oxygens (including phenoxy) is 1. The van der Waals surface area contributed by atoms with E-state index in [9.17, 15) is 4.39 Å². The molecule has 0 spiro atoms. The summed E-state index contributed by atoms with van der Waals surface area (Å²) in [7, 11) is 0. The molecular formula is C26H29FN6O. The van der Waals surface area contributed by atoms with E-state index in [1.54, 1.807) is 16.8 Å². The van der Waals surface area contributed by atoms with Crippen molar-refractivity contribution in [2.45, 2.75) is 46.1 Å². The summed E-state index contributed by atoms with van der Waals surface area (Å²) in [4.78, 5) is 6.56. The Hall–Kier alpha value is -3.39. The molecule has 0 saturated carbocycles. The molecule has 8 heteroatoms. The van der Waals surface area contributed by atoms with Crippen molar-refractivity contribution < 1.29 is 9.13 Å². The van der Waals surface area contributed by atoms with Crippen LogP contribution in [0.1, 0.15) is 48.3 Å². The zero-order valence-electron chi connectivity index (χ0n) is 19.8. The summed E-state index contributed by atoms with van der Waals surface area (Å²) >= 11 is 0. The fraction of sp³-hybridized carbons (Fsp3) is 0.385. The van der Waals surface area contributed by atoms with Gasteiger partial charge in [0, 0.05) is 36.3 Å². The first-order valence-electron chi connectivity index (χ1n) is 11.8. The second-order valence-corrected chi connectivity index (χ2v) is 8.84. The topological polar surface area (TPSA) is 69.0 Å². The van der Waals surface area contributed by atoms with E-state index in [1.165, 1.54) is 11.6 Å². The summed E-state index contributed by atoms with van der Waals surface area (Å²) in [6.45, 7) is 9.16. The van der Waals surface area contributed by atoms with Gasteiger partial charge in [0.05, 0.1) is 23.7 Å². The van der Waals surface area contributed by atoms with Crippen molar-refractivity contribution in [2.24, 2.45) is 0 Å². The quantitative estimate of drug-likeness (QED) is 0.414. The van der Waals surface area contributed by atoms with Gasteiger partial charge in [0.25, 0.3) is 0 Å². The van der Waals surface area contributed by atoms with Gasteiger partial charge in [-0.1, -0.05) is 0 Å². The predicted molar refractivity (Wildman–Crippen MR) is 129 cm³/mol. The van der Waals surface area contributed by atoms with Crippen molar-refractivity contribution in [3.05, 3.63) is 71.2 Å². The van der Waals surface area contributed by atoms with Crippen molar-refractivity contribution >= 4 is 10.9 Å². The van der Waals surface area contributed by atoms with E-state index in [-0.39, 0.29) is 11.7 Å². The van der Waals surface area contributed by atoms with Crippen LogP contribution in [0, 0.1) is 19.7 Å². The maximum Gasteiger partial charge on any atom is 0.152 e. The number of halogens is 1. The monoisotopic (exact) mass is 460 g/mol. The van der Waals surface area contributed by atoms with Crippen LogP contribution in [-0.4, -0.2) is 49.6 Å². The first kappa shape index (κ1) is 22.4. The molecule has 0 radical (unpaired) electrons. The Bertz CT molecular complexity index is 1300. The summed E-state index contributed by atoms with van der Waals surface area (Å²) in [5, 5.41) is 14.9. The molecule has 0 bridgehead atoms. The average Bonchev–Trinajstić information content (AvgIpc) is 3.19. The SMILES string of the molecule is CCOc1ccc(-n2nc3c(C4CCN(Cc5ccncc5)CC4)nnc(C)c3c2C)c(F)c1. The van der Waals surface area contributed by atoms with Gasteiger partial charge in [0.1, 0.15) is 17.0 Å². The van der Waals surface area contributed by atoms with E-state index in [0.29, 0.717) is 18.0 Å². The lowest BCUT2D eigenvalue weighted by Crippen LogP contribution is -2.32. The van der Waals surface area contributed by atoms with Crippen molar-refractivity contribution in [3.63, 3.8) is 0 Å². The number of fused-ring (bicyclic) bond motifs is 1. The summed E-state index contributed by atoms with van der Waals surface area (Å²) < 4.78 is 22.1. The number of likely N-dealkylation sites (tertiary alicyclic amines) is 1. The summed E-state index contributed by atoms with van der Waals surface area (Å²) in [6.07, 6.45) is 5.65. The molecule has 176 valence electrons. The molecule has 3 aromatic heterocycles. The molecule has 0 N–H and O–H groups in total. The Morgan fingerprint density at radius 3 is 2.53 bits per heavy atom. The molecule has 4 aromatic rings. The van der Waals surface area contributed by atoms with E-state index >= 15 is 0 Å². The number of pyridine rings is 1. The number of piperidine rings is 1. The van der Waals surface area contributed by atoms with Crippen molar-refractivity contribution in [2.75, 3.05) is 19.7 Å². The van der Waals surface area contributed by atoms with E-state index in [1.807, 2.05) is 33.2 Å². The minimum absolute atomic E-state index is 0.275. The molecule has 1 aliphatic heterocycles. The van der Waals surface area contributed by atoms with Crippen molar-refractivity contribution in [3.8, 4) is 11.4 Å². The molecule has 0 aliphatic carbocycles. The van der Waals surface area contributed by atoms with E-state index in [0.717, 1.165) is 60.5 Å². The normalized spacial score (nSPS) is 15.2. The minimum Gasteiger partial charge on any atom is -0.494 e. The summed E-state index contributed by atoms with van der Waals surface area (Å²) in [5.74, 6) is 0.417. The highest BCUT2D eigenvalue weighted by Crippen LogP contribution is 2.34. The molecular weight excluding hydrogens is 431 g/mol. The Morgan fingerprint density at radius 1 is 1.06 bits per heavy atom. The lowest BCUT2D eigenvalue weighted by Gasteiger charge is -2.31.